The minimum atomic E-state index is -0.626. The van der Waals surface area contributed by atoms with Crippen LogP contribution in [-0.4, -0.2) is 40.1 Å². The molecule has 2 rings (SSSR count). The van der Waals surface area contributed by atoms with Crippen molar-refractivity contribution in [3.63, 3.8) is 0 Å². The number of carbonyl (C=O) groups excluding carboxylic acids is 1. The number of alkyl halides is 2. The van der Waals surface area contributed by atoms with Crippen molar-refractivity contribution in [2.45, 2.75) is 43.0 Å². The van der Waals surface area contributed by atoms with Crippen molar-refractivity contribution in [1.29, 1.82) is 0 Å². The number of Topliss-reactive ketones (excluding diaryl/α,β-unsaturated/α-hetero) is 1. The first-order valence-electron chi connectivity index (χ1n) is 7.07. The second-order valence-electron chi connectivity index (χ2n) is 5.88. The summed E-state index contributed by atoms with van der Waals surface area (Å²) in [4.78, 5) is 14.4. The van der Waals surface area contributed by atoms with Crippen LogP contribution in [0.3, 0.4) is 0 Å². The second kappa shape index (κ2) is 7.82. The first-order chi connectivity index (χ1) is 9.41. The summed E-state index contributed by atoms with van der Waals surface area (Å²) >= 11 is 12.9. The van der Waals surface area contributed by atoms with Crippen LogP contribution in [0.2, 0.25) is 0 Å². The molecule has 0 bridgehead atoms. The van der Waals surface area contributed by atoms with Crippen molar-refractivity contribution in [2.75, 3.05) is 13.1 Å². The van der Waals surface area contributed by atoms with Crippen molar-refractivity contribution in [1.82, 2.24) is 4.90 Å². The van der Waals surface area contributed by atoms with Crippen molar-refractivity contribution >= 4 is 41.4 Å². The Kier molecular flexibility index (Phi) is 6.99. The van der Waals surface area contributed by atoms with Crippen LogP contribution in [0.5, 0.6) is 0 Å². The zero-order valence-electron chi connectivity index (χ0n) is 12.4. The summed E-state index contributed by atoms with van der Waals surface area (Å²) in [5, 5.41) is -0.421. The van der Waals surface area contributed by atoms with E-state index in [0.717, 1.165) is 25.9 Å². The molecule has 1 aromatic rings. The van der Waals surface area contributed by atoms with Crippen LogP contribution in [0.1, 0.15) is 37.0 Å². The number of likely N-dealkylation sites (tertiary alicyclic amines) is 1. The number of carbonyl (C=O) groups is 1. The third kappa shape index (κ3) is 4.59. The van der Waals surface area contributed by atoms with Gasteiger partial charge in [0.05, 0.1) is 16.3 Å². The monoisotopic (exact) mass is 349 g/mol. The molecule has 2 atom stereocenters. The topological polar surface area (TPSA) is 20.3 Å². The van der Waals surface area contributed by atoms with Gasteiger partial charge in [-0.3, -0.25) is 9.69 Å². The predicted molar refractivity (Wildman–Crippen MR) is 92.2 cm³/mol. The second-order valence-corrected chi connectivity index (χ2v) is 7.33. The molecule has 1 aliphatic rings. The smallest absolute Gasteiger partial charge is 0.181 e. The molecule has 0 spiro atoms. The predicted octanol–water partition coefficient (Wildman–Crippen LogP) is 4.38. The Morgan fingerprint density at radius 2 is 1.71 bits per heavy atom. The Bertz CT molecular complexity index is 452. The van der Waals surface area contributed by atoms with E-state index in [4.69, 9.17) is 23.2 Å². The molecule has 1 saturated heterocycles. The quantitative estimate of drug-likeness (QED) is 0.580. The van der Waals surface area contributed by atoms with Crippen LogP contribution < -0.4 is 0 Å². The number of halogens is 3. The maximum atomic E-state index is 12.8. The Hall–Kier alpha value is -0.280. The van der Waals surface area contributed by atoms with Gasteiger partial charge < -0.3 is 0 Å². The van der Waals surface area contributed by atoms with Crippen molar-refractivity contribution in [2.24, 2.45) is 0 Å². The van der Waals surface area contributed by atoms with E-state index in [1.807, 2.05) is 44.2 Å². The average molecular weight is 351 g/mol. The van der Waals surface area contributed by atoms with E-state index in [1.54, 1.807) is 0 Å². The highest BCUT2D eigenvalue weighted by atomic mass is 35.5. The van der Waals surface area contributed by atoms with Gasteiger partial charge in [0.2, 0.25) is 0 Å². The molecule has 0 amide bonds. The summed E-state index contributed by atoms with van der Waals surface area (Å²) in [6, 6.07) is 9.00. The number of rotatable bonds is 5. The molecule has 1 aromatic carbocycles. The number of nitrogens with zero attached hydrogens (tertiary/aromatic N) is 1. The van der Waals surface area contributed by atoms with E-state index in [1.165, 1.54) is 0 Å². The van der Waals surface area contributed by atoms with Gasteiger partial charge in [-0.15, -0.1) is 35.6 Å². The highest BCUT2D eigenvalue weighted by Crippen LogP contribution is 2.31. The lowest BCUT2D eigenvalue weighted by atomic mass is 9.93. The number of ketones is 1. The summed E-state index contributed by atoms with van der Waals surface area (Å²) in [6.07, 6.45) is 2.23. The summed E-state index contributed by atoms with van der Waals surface area (Å²) in [6.45, 7) is 5.57. The zero-order chi connectivity index (χ0) is 14.8. The van der Waals surface area contributed by atoms with Crippen molar-refractivity contribution in [3.05, 3.63) is 35.9 Å². The molecule has 0 aromatic heterocycles. The van der Waals surface area contributed by atoms with Crippen LogP contribution in [-0.2, 0) is 0 Å². The fraction of sp³-hybridized carbons (Fsp3) is 0.562. The first-order valence-corrected chi connectivity index (χ1v) is 7.89. The molecule has 21 heavy (non-hydrogen) atoms. The molecule has 0 saturated carbocycles. The van der Waals surface area contributed by atoms with Gasteiger partial charge in [0.1, 0.15) is 0 Å². The lowest BCUT2D eigenvalue weighted by molar-refractivity contribution is 0.0832. The lowest BCUT2D eigenvalue weighted by Crippen LogP contribution is -2.51. The van der Waals surface area contributed by atoms with E-state index in [-0.39, 0.29) is 24.2 Å². The normalized spacial score (nSPS) is 18.9. The van der Waals surface area contributed by atoms with Gasteiger partial charge in [0.25, 0.3) is 0 Å². The SMILES string of the molecule is CC(C)(Cl)C(Cl)C(C(=O)c1ccccc1)N1CCCC1.Cl. The van der Waals surface area contributed by atoms with E-state index >= 15 is 0 Å². The van der Waals surface area contributed by atoms with E-state index in [2.05, 4.69) is 4.90 Å². The Morgan fingerprint density at radius 3 is 2.19 bits per heavy atom. The Morgan fingerprint density at radius 1 is 1.19 bits per heavy atom. The van der Waals surface area contributed by atoms with Gasteiger partial charge in [-0.05, 0) is 39.8 Å². The highest BCUT2D eigenvalue weighted by molar-refractivity contribution is 6.33. The van der Waals surface area contributed by atoms with Gasteiger partial charge in [0, 0.05) is 5.56 Å². The fourth-order valence-electron chi connectivity index (χ4n) is 2.65. The van der Waals surface area contributed by atoms with Crippen LogP contribution in [0.25, 0.3) is 0 Å². The van der Waals surface area contributed by atoms with E-state index in [0.29, 0.717) is 5.56 Å². The summed E-state index contributed by atoms with van der Waals surface area (Å²) in [5.41, 5.74) is 0.705. The van der Waals surface area contributed by atoms with E-state index in [9.17, 15) is 4.79 Å². The molecule has 118 valence electrons. The molecular weight excluding hydrogens is 329 g/mol. The van der Waals surface area contributed by atoms with Crippen LogP contribution >= 0.6 is 35.6 Å². The zero-order valence-corrected chi connectivity index (χ0v) is 14.7. The van der Waals surface area contributed by atoms with Gasteiger partial charge in [-0.1, -0.05) is 30.3 Å². The number of benzene rings is 1. The molecule has 2 unspecified atom stereocenters. The Labute approximate surface area is 143 Å². The van der Waals surface area contributed by atoms with Gasteiger partial charge in [-0.25, -0.2) is 0 Å². The van der Waals surface area contributed by atoms with Crippen LogP contribution in [0.15, 0.2) is 30.3 Å². The third-order valence-corrected chi connectivity index (χ3v) is 4.92. The minimum Gasteiger partial charge on any atom is -0.292 e. The van der Waals surface area contributed by atoms with Crippen molar-refractivity contribution < 1.29 is 4.79 Å². The summed E-state index contributed by atoms with van der Waals surface area (Å²) < 4.78 is 0. The maximum Gasteiger partial charge on any atom is 0.181 e. The van der Waals surface area contributed by atoms with Crippen LogP contribution in [0.4, 0.5) is 0 Å². The van der Waals surface area contributed by atoms with Crippen molar-refractivity contribution in [3.8, 4) is 0 Å². The minimum absolute atomic E-state index is 0. The highest BCUT2D eigenvalue weighted by Gasteiger charge is 2.41. The third-order valence-electron chi connectivity index (χ3n) is 3.79. The lowest BCUT2D eigenvalue weighted by Gasteiger charge is -2.35. The first kappa shape index (κ1) is 18.8. The fourth-order valence-corrected chi connectivity index (χ4v) is 3.05. The molecule has 1 heterocycles. The van der Waals surface area contributed by atoms with Gasteiger partial charge in [-0.2, -0.15) is 0 Å². The van der Waals surface area contributed by atoms with Gasteiger partial charge >= 0.3 is 0 Å². The molecule has 0 N–H and O–H groups in total. The summed E-state index contributed by atoms with van der Waals surface area (Å²) in [7, 11) is 0. The average Bonchev–Trinajstić information content (AvgIpc) is 2.92. The molecule has 2 nitrogen and oxygen atoms in total. The van der Waals surface area contributed by atoms with Gasteiger partial charge in [0.15, 0.2) is 5.78 Å². The van der Waals surface area contributed by atoms with Crippen LogP contribution in [0, 0.1) is 0 Å². The molecule has 1 fully saturated rings. The molecule has 0 aliphatic carbocycles. The Balaban J connectivity index is 0.00000220. The number of hydrogen-bond donors (Lipinski definition) is 0. The molecule has 0 radical (unpaired) electrons. The standard InChI is InChI=1S/C16H21Cl2NO.ClH/c1-16(2,18)15(17)13(19-10-6-7-11-19)14(20)12-8-4-3-5-9-12;/h3-5,8-9,13,15H,6-7,10-11H2,1-2H3;1H. The number of hydrogen-bond acceptors (Lipinski definition) is 2. The maximum absolute atomic E-state index is 12.8. The van der Waals surface area contributed by atoms with E-state index < -0.39 is 10.3 Å². The molecule has 5 heteroatoms. The largest absolute Gasteiger partial charge is 0.292 e. The molecular formula is C16H22Cl3NO. The molecule has 1 aliphatic heterocycles. The summed E-state index contributed by atoms with van der Waals surface area (Å²) in [5.74, 6) is 0.0706.